The normalized spacial score (nSPS) is 21.8. The summed E-state index contributed by atoms with van der Waals surface area (Å²) < 4.78 is 42.3. The summed E-state index contributed by atoms with van der Waals surface area (Å²) in [5, 5.41) is 0.991. The molecule has 2 rings (SSSR count). The molecule has 0 N–H and O–H groups in total. The maximum absolute atomic E-state index is 12.7. The van der Waals surface area contributed by atoms with Crippen LogP contribution < -0.4 is 0 Å². The second-order valence-electron chi connectivity index (χ2n) is 6.44. The number of hydroxylamine groups is 2. The van der Waals surface area contributed by atoms with E-state index in [1.807, 2.05) is 0 Å². The predicted molar refractivity (Wildman–Crippen MR) is 83.2 cm³/mol. The van der Waals surface area contributed by atoms with Crippen LogP contribution in [0.1, 0.15) is 51.9 Å². The van der Waals surface area contributed by atoms with Crippen molar-refractivity contribution in [1.29, 1.82) is 0 Å². The first-order valence-corrected chi connectivity index (χ1v) is 8.70. The van der Waals surface area contributed by atoms with E-state index >= 15 is 0 Å². The average molecular weight is 363 g/mol. The average Bonchev–Trinajstić information content (AvgIpc) is 2.84. The van der Waals surface area contributed by atoms with Gasteiger partial charge in [0.1, 0.15) is 0 Å². The SMILES string of the molecule is CCOC(=O)C1(C2=CCCCCC2)CCN(OC(=O)C(F)(F)F)CC1. The molecule has 25 heavy (non-hydrogen) atoms. The summed E-state index contributed by atoms with van der Waals surface area (Å²) in [6.45, 7) is 2.11. The Morgan fingerprint density at radius 2 is 1.88 bits per heavy atom. The predicted octanol–water partition coefficient (Wildman–Crippen LogP) is 3.54. The second kappa shape index (κ2) is 8.21. The lowest BCUT2D eigenvalue weighted by Crippen LogP contribution is -2.47. The number of hydrogen-bond acceptors (Lipinski definition) is 5. The summed E-state index contributed by atoms with van der Waals surface area (Å²) in [5.74, 6) is -2.56. The van der Waals surface area contributed by atoms with Crippen LogP contribution in [-0.4, -0.2) is 42.9 Å². The maximum Gasteiger partial charge on any atom is 0.492 e. The zero-order valence-corrected chi connectivity index (χ0v) is 14.4. The second-order valence-corrected chi connectivity index (χ2v) is 6.44. The molecule has 1 fully saturated rings. The number of allylic oxidation sites excluding steroid dienone is 1. The van der Waals surface area contributed by atoms with E-state index in [0.717, 1.165) is 42.7 Å². The first-order valence-electron chi connectivity index (χ1n) is 8.70. The summed E-state index contributed by atoms with van der Waals surface area (Å²) in [5.41, 5.74) is 0.201. The van der Waals surface area contributed by atoms with Gasteiger partial charge in [-0.3, -0.25) is 4.79 Å². The Kier molecular flexibility index (Phi) is 6.48. The lowest BCUT2D eigenvalue weighted by molar-refractivity contribution is -0.244. The van der Waals surface area contributed by atoms with Gasteiger partial charge in [-0.15, -0.1) is 5.06 Å². The Labute approximate surface area is 145 Å². The highest BCUT2D eigenvalue weighted by atomic mass is 19.4. The number of carbonyl (C=O) groups is 2. The smallest absolute Gasteiger partial charge is 0.465 e. The van der Waals surface area contributed by atoms with Gasteiger partial charge < -0.3 is 9.57 Å². The summed E-state index contributed by atoms with van der Waals surface area (Å²) >= 11 is 0. The van der Waals surface area contributed by atoms with Gasteiger partial charge in [-0.1, -0.05) is 18.1 Å². The van der Waals surface area contributed by atoms with Crippen LogP contribution in [0.4, 0.5) is 13.2 Å². The van der Waals surface area contributed by atoms with Crippen LogP contribution in [-0.2, 0) is 19.2 Å². The van der Waals surface area contributed by atoms with Crippen molar-refractivity contribution in [2.45, 2.75) is 58.0 Å². The van der Waals surface area contributed by atoms with E-state index in [-0.39, 0.29) is 38.5 Å². The Morgan fingerprint density at radius 1 is 1.20 bits per heavy atom. The van der Waals surface area contributed by atoms with E-state index in [0.29, 0.717) is 0 Å². The third-order valence-corrected chi connectivity index (χ3v) is 4.84. The van der Waals surface area contributed by atoms with Crippen molar-refractivity contribution >= 4 is 11.9 Å². The van der Waals surface area contributed by atoms with E-state index < -0.39 is 17.6 Å². The quantitative estimate of drug-likeness (QED) is 0.565. The molecular weight excluding hydrogens is 339 g/mol. The zero-order valence-electron chi connectivity index (χ0n) is 14.4. The molecule has 8 heteroatoms. The van der Waals surface area contributed by atoms with Gasteiger partial charge in [0.25, 0.3) is 0 Å². The number of esters is 1. The minimum atomic E-state index is -5.03. The lowest BCUT2D eigenvalue weighted by atomic mass is 9.71. The van der Waals surface area contributed by atoms with Crippen molar-refractivity contribution in [3.05, 3.63) is 11.6 Å². The topological polar surface area (TPSA) is 55.8 Å². The molecule has 0 spiro atoms. The first-order chi connectivity index (χ1) is 11.8. The molecule has 2 aliphatic rings. The van der Waals surface area contributed by atoms with E-state index in [1.165, 1.54) is 0 Å². The van der Waals surface area contributed by atoms with Crippen LogP contribution >= 0.6 is 0 Å². The minimum absolute atomic E-state index is 0.0674. The number of hydrogen-bond donors (Lipinski definition) is 0. The third-order valence-electron chi connectivity index (χ3n) is 4.84. The number of piperidine rings is 1. The highest BCUT2D eigenvalue weighted by molar-refractivity contribution is 5.81. The summed E-state index contributed by atoms with van der Waals surface area (Å²) in [7, 11) is 0. The number of carbonyl (C=O) groups excluding carboxylic acids is 2. The summed E-state index contributed by atoms with van der Waals surface area (Å²) in [6, 6.07) is 0. The van der Waals surface area contributed by atoms with Crippen LogP contribution in [0.3, 0.4) is 0 Å². The molecule has 0 radical (unpaired) electrons. The summed E-state index contributed by atoms with van der Waals surface area (Å²) in [4.78, 5) is 28.0. The Hall–Kier alpha value is -1.57. The van der Waals surface area contributed by atoms with E-state index in [2.05, 4.69) is 10.9 Å². The molecule has 5 nitrogen and oxygen atoms in total. The van der Waals surface area contributed by atoms with Gasteiger partial charge in [0.05, 0.1) is 12.0 Å². The molecule has 1 aliphatic heterocycles. The van der Waals surface area contributed by atoms with E-state index in [1.54, 1.807) is 6.92 Å². The fraction of sp³-hybridized carbons (Fsp3) is 0.765. The van der Waals surface area contributed by atoms with Gasteiger partial charge in [0.15, 0.2) is 0 Å². The van der Waals surface area contributed by atoms with Crippen molar-refractivity contribution in [2.75, 3.05) is 19.7 Å². The van der Waals surface area contributed by atoms with Crippen LogP contribution in [0.5, 0.6) is 0 Å². The fourth-order valence-corrected chi connectivity index (χ4v) is 3.50. The largest absolute Gasteiger partial charge is 0.492 e. The van der Waals surface area contributed by atoms with Crippen molar-refractivity contribution in [2.24, 2.45) is 5.41 Å². The number of rotatable bonds is 4. The number of nitrogens with zero attached hydrogens (tertiary/aromatic N) is 1. The minimum Gasteiger partial charge on any atom is -0.465 e. The van der Waals surface area contributed by atoms with Crippen LogP contribution in [0.2, 0.25) is 0 Å². The number of alkyl halides is 3. The molecule has 0 unspecified atom stereocenters. The molecule has 0 aromatic carbocycles. The Morgan fingerprint density at radius 3 is 2.48 bits per heavy atom. The van der Waals surface area contributed by atoms with Crippen molar-refractivity contribution in [1.82, 2.24) is 5.06 Å². The number of ether oxygens (including phenoxy) is 1. The molecule has 0 amide bonds. The van der Waals surface area contributed by atoms with Gasteiger partial charge in [0.2, 0.25) is 0 Å². The zero-order chi connectivity index (χ0) is 18.5. The van der Waals surface area contributed by atoms with Crippen molar-refractivity contribution in [3.8, 4) is 0 Å². The first kappa shape index (κ1) is 19.8. The fourth-order valence-electron chi connectivity index (χ4n) is 3.50. The highest BCUT2D eigenvalue weighted by Crippen LogP contribution is 2.43. The van der Waals surface area contributed by atoms with Crippen LogP contribution in [0, 0.1) is 5.41 Å². The Balaban J connectivity index is 2.11. The standard InChI is InChI=1S/C17H24F3NO4/c1-2-24-14(22)16(13-7-5-3-4-6-8-13)9-11-21(12-10-16)25-15(23)17(18,19)20/h7H,2-6,8-12H2,1H3. The molecule has 0 aromatic heterocycles. The third kappa shape index (κ3) is 4.74. The molecule has 1 heterocycles. The van der Waals surface area contributed by atoms with Crippen LogP contribution in [0.15, 0.2) is 11.6 Å². The van der Waals surface area contributed by atoms with Gasteiger partial charge in [-0.25, -0.2) is 4.79 Å². The lowest BCUT2D eigenvalue weighted by Gasteiger charge is -2.40. The molecule has 0 bridgehead atoms. The molecule has 0 saturated carbocycles. The molecule has 142 valence electrons. The van der Waals surface area contributed by atoms with Gasteiger partial charge in [-0.05, 0) is 45.4 Å². The monoisotopic (exact) mass is 363 g/mol. The Bertz CT molecular complexity index is 522. The number of halogens is 3. The summed E-state index contributed by atoms with van der Waals surface area (Å²) in [6.07, 6.45) is 2.45. The molecular formula is C17H24F3NO4. The van der Waals surface area contributed by atoms with Crippen LogP contribution in [0.25, 0.3) is 0 Å². The van der Waals surface area contributed by atoms with Gasteiger partial charge in [0, 0.05) is 13.1 Å². The van der Waals surface area contributed by atoms with Gasteiger partial charge in [-0.2, -0.15) is 13.2 Å². The highest BCUT2D eigenvalue weighted by Gasteiger charge is 2.48. The van der Waals surface area contributed by atoms with Crippen molar-refractivity contribution < 1.29 is 32.3 Å². The van der Waals surface area contributed by atoms with Gasteiger partial charge >= 0.3 is 18.1 Å². The van der Waals surface area contributed by atoms with E-state index in [9.17, 15) is 22.8 Å². The molecule has 1 aliphatic carbocycles. The molecule has 0 aromatic rings. The molecule has 0 atom stereocenters. The van der Waals surface area contributed by atoms with Crippen molar-refractivity contribution in [3.63, 3.8) is 0 Å². The molecule has 1 saturated heterocycles. The maximum atomic E-state index is 12.7. The van der Waals surface area contributed by atoms with E-state index in [4.69, 9.17) is 4.74 Å².